The molecule has 3 heteroatoms. The van der Waals surface area contributed by atoms with Crippen LogP contribution in [0, 0.1) is 0 Å². The van der Waals surface area contributed by atoms with Gasteiger partial charge in [-0.25, -0.2) is 0 Å². The van der Waals surface area contributed by atoms with Crippen molar-refractivity contribution in [3.05, 3.63) is 30.3 Å². The number of aliphatic hydroxyl groups excluding tert-OH is 1. The van der Waals surface area contributed by atoms with E-state index in [2.05, 4.69) is 5.32 Å². The van der Waals surface area contributed by atoms with Crippen LogP contribution in [-0.4, -0.2) is 17.1 Å². The van der Waals surface area contributed by atoms with E-state index in [-0.39, 0.29) is 12.3 Å². The standard InChI is InChI=1S/C10H13NO2/c1-8(12)7-10(13)11-9-5-3-2-4-6-9/h2-6,8,12H,7H2,1H3,(H,11,13)/t8-/m0/s1. The highest BCUT2D eigenvalue weighted by Gasteiger charge is 2.05. The van der Waals surface area contributed by atoms with Crippen molar-refractivity contribution in [2.24, 2.45) is 0 Å². The number of benzene rings is 1. The largest absolute Gasteiger partial charge is 0.393 e. The summed E-state index contributed by atoms with van der Waals surface area (Å²) in [5, 5.41) is 11.6. The minimum atomic E-state index is -0.594. The maximum Gasteiger partial charge on any atom is 0.226 e. The van der Waals surface area contributed by atoms with Gasteiger partial charge in [0, 0.05) is 5.69 Å². The minimum Gasteiger partial charge on any atom is -0.393 e. The highest BCUT2D eigenvalue weighted by Crippen LogP contribution is 2.05. The van der Waals surface area contributed by atoms with E-state index in [1.54, 1.807) is 19.1 Å². The van der Waals surface area contributed by atoms with Crippen molar-refractivity contribution >= 4 is 11.6 Å². The molecular weight excluding hydrogens is 166 g/mol. The Balaban J connectivity index is 2.46. The van der Waals surface area contributed by atoms with Gasteiger partial charge < -0.3 is 10.4 Å². The molecule has 0 spiro atoms. The molecule has 1 atom stereocenters. The van der Waals surface area contributed by atoms with Crippen molar-refractivity contribution in [1.29, 1.82) is 0 Å². The summed E-state index contributed by atoms with van der Waals surface area (Å²) in [5.74, 6) is -0.166. The van der Waals surface area contributed by atoms with Gasteiger partial charge in [0.15, 0.2) is 0 Å². The highest BCUT2D eigenvalue weighted by molar-refractivity contribution is 5.90. The third-order valence-electron chi connectivity index (χ3n) is 1.54. The van der Waals surface area contributed by atoms with Gasteiger partial charge in [-0.1, -0.05) is 18.2 Å². The van der Waals surface area contributed by atoms with Crippen molar-refractivity contribution in [1.82, 2.24) is 0 Å². The lowest BCUT2D eigenvalue weighted by Crippen LogP contribution is -2.17. The molecule has 1 amide bonds. The predicted octanol–water partition coefficient (Wildman–Crippen LogP) is 1.40. The molecule has 70 valence electrons. The Morgan fingerprint density at radius 1 is 1.46 bits per heavy atom. The Kier molecular flexibility index (Phi) is 3.46. The van der Waals surface area contributed by atoms with Gasteiger partial charge in [-0.2, -0.15) is 0 Å². The third-order valence-corrected chi connectivity index (χ3v) is 1.54. The first-order chi connectivity index (χ1) is 6.18. The van der Waals surface area contributed by atoms with Crippen LogP contribution in [0.5, 0.6) is 0 Å². The van der Waals surface area contributed by atoms with Crippen LogP contribution in [0.25, 0.3) is 0 Å². The summed E-state index contributed by atoms with van der Waals surface area (Å²) < 4.78 is 0. The lowest BCUT2D eigenvalue weighted by molar-refractivity contribution is -0.117. The van der Waals surface area contributed by atoms with Gasteiger partial charge in [-0.3, -0.25) is 4.79 Å². The van der Waals surface area contributed by atoms with Crippen LogP contribution in [0.15, 0.2) is 30.3 Å². The zero-order valence-electron chi connectivity index (χ0n) is 7.53. The molecule has 0 saturated carbocycles. The fourth-order valence-corrected chi connectivity index (χ4v) is 1.00. The lowest BCUT2D eigenvalue weighted by Gasteiger charge is -2.05. The van der Waals surface area contributed by atoms with Crippen LogP contribution < -0.4 is 5.32 Å². The fraction of sp³-hybridized carbons (Fsp3) is 0.300. The maximum atomic E-state index is 11.2. The molecule has 0 aliphatic rings. The van der Waals surface area contributed by atoms with Crippen LogP contribution in [0.2, 0.25) is 0 Å². The molecule has 0 fully saturated rings. The molecule has 0 aromatic heterocycles. The van der Waals surface area contributed by atoms with Crippen LogP contribution in [0.4, 0.5) is 5.69 Å². The van der Waals surface area contributed by atoms with E-state index < -0.39 is 6.10 Å². The van der Waals surface area contributed by atoms with E-state index in [9.17, 15) is 4.79 Å². The number of amides is 1. The molecule has 1 aromatic rings. The van der Waals surface area contributed by atoms with Crippen molar-refractivity contribution in [3.8, 4) is 0 Å². The lowest BCUT2D eigenvalue weighted by atomic mass is 10.2. The summed E-state index contributed by atoms with van der Waals surface area (Å²) in [6.45, 7) is 1.59. The van der Waals surface area contributed by atoms with Crippen molar-refractivity contribution in [3.63, 3.8) is 0 Å². The SMILES string of the molecule is C[C@H](O)CC(=O)Nc1ccccc1. The third kappa shape index (κ3) is 3.71. The first kappa shape index (κ1) is 9.74. The number of carbonyl (C=O) groups excluding carboxylic acids is 1. The van der Waals surface area contributed by atoms with Crippen LogP contribution in [-0.2, 0) is 4.79 Å². The van der Waals surface area contributed by atoms with Gasteiger partial charge in [-0.15, -0.1) is 0 Å². The number of carbonyl (C=O) groups is 1. The Morgan fingerprint density at radius 3 is 2.62 bits per heavy atom. The first-order valence-corrected chi connectivity index (χ1v) is 4.21. The molecule has 1 aromatic carbocycles. The number of rotatable bonds is 3. The van der Waals surface area contributed by atoms with E-state index in [0.717, 1.165) is 5.69 Å². The van der Waals surface area contributed by atoms with Crippen LogP contribution >= 0.6 is 0 Å². The van der Waals surface area contributed by atoms with E-state index in [0.29, 0.717) is 0 Å². The van der Waals surface area contributed by atoms with Crippen molar-refractivity contribution in [2.75, 3.05) is 5.32 Å². The number of aliphatic hydroxyl groups is 1. The number of nitrogens with one attached hydrogen (secondary N) is 1. The number of hydrogen-bond donors (Lipinski definition) is 2. The summed E-state index contributed by atoms with van der Waals surface area (Å²) >= 11 is 0. The van der Waals surface area contributed by atoms with Gasteiger partial charge in [-0.05, 0) is 19.1 Å². The molecular formula is C10H13NO2. The second kappa shape index (κ2) is 4.62. The summed E-state index contributed by atoms with van der Waals surface area (Å²) in [4.78, 5) is 11.2. The van der Waals surface area contributed by atoms with Gasteiger partial charge in [0.25, 0.3) is 0 Å². The molecule has 0 bridgehead atoms. The van der Waals surface area contributed by atoms with Gasteiger partial charge in [0.05, 0.1) is 12.5 Å². The van der Waals surface area contributed by atoms with Gasteiger partial charge in [0.2, 0.25) is 5.91 Å². The second-order valence-electron chi connectivity index (χ2n) is 2.97. The van der Waals surface area contributed by atoms with Crippen molar-refractivity contribution < 1.29 is 9.90 Å². The zero-order valence-corrected chi connectivity index (χ0v) is 7.53. The quantitative estimate of drug-likeness (QED) is 0.736. The topological polar surface area (TPSA) is 49.3 Å². The molecule has 0 unspecified atom stereocenters. The average Bonchev–Trinajstić information content (AvgIpc) is 2.04. The smallest absolute Gasteiger partial charge is 0.226 e. The molecule has 13 heavy (non-hydrogen) atoms. The molecule has 0 aliphatic carbocycles. The van der Waals surface area contributed by atoms with E-state index >= 15 is 0 Å². The number of anilines is 1. The van der Waals surface area contributed by atoms with Crippen LogP contribution in [0.1, 0.15) is 13.3 Å². The molecule has 1 rings (SSSR count). The monoisotopic (exact) mass is 179 g/mol. The summed E-state index contributed by atoms with van der Waals surface area (Å²) in [7, 11) is 0. The molecule has 0 saturated heterocycles. The number of para-hydroxylation sites is 1. The average molecular weight is 179 g/mol. The molecule has 0 heterocycles. The van der Waals surface area contributed by atoms with Gasteiger partial charge in [0.1, 0.15) is 0 Å². The Bertz CT molecular complexity index is 270. The normalized spacial score (nSPS) is 12.2. The Hall–Kier alpha value is -1.35. The highest BCUT2D eigenvalue weighted by atomic mass is 16.3. The van der Waals surface area contributed by atoms with Crippen molar-refractivity contribution in [2.45, 2.75) is 19.4 Å². The van der Waals surface area contributed by atoms with E-state index in [1.807, 2.05) is 18.2 Å². The number of hydrogen-bond acceptors (Lipinski definition) is 2. The molecule has 3 nitrogen and oxygen atoms in total. The first-order valence-electron chi connectivity index (χ1n) is 4.21. The van der Waals surface area contributed by atoms with E-state index in [4.69, 9.17) is 5.11 Å². The predicted molar refractivity (Wildman–Crippen MR) is 51.4 cm³/mol. The molecule has 2 N–H and O–H groups in total. The van der Waals surface area contributed by atoms with Gasteiger partial charge >= 0.3 is 0 Å². The molecule has 0 radical (unpaired) electrons. The Labute approximate surface area is 77.4 Å². The van der Waals surface area contributed by atoms with Crippen LogP contribution in [0.3, 0.4) is 0 Å². The maximum absolute atomic E-state index is 11.2. The summed E-state index contributed by atoms with van der Waals surface area (Å²) in [6, 6.07) is 9.18. The Morgan fingerprint density at radius 2 is 2.08 bits per heavy atom. The summed E-state index contributed by atoms with van der Waals surface area (Å²) in [6.07, 6.45) is -0.460. The van der Waals surface area contributed by atoms with E-state index in [1.165, 1.54) is 0 Å². The summed E-state index contributed by atoms with van der Waals surface area (Å²) in [5.41, 5.74) is 0.758. The minimum absolute atomic E-state index is 0.134. The fourth-order valence-electron chi connectivity index (χ4n) is 1.00. The molecule has 0 aliphatic heterocycles. The second-order valence-corrected chi connectivity index (χ2v) is 2.97. The zero-order chi connectivity index (χ0) is 9.68.